The molecule has 0 saturated heterocycles. The minimum atomic E-state index is -2.28. The summed E-state index contributed by atoms with van der Waals surface area (Å²) in [6.07, 6.45) is -0.579. The van der Waals surface area contributed by atoms with Gasteiger partial charge in [0.1, 0.15) is 0 Å². The molecule has 0 aromatic heterocycles. The van der Waals surface area contributed by atoms with Crippen LogP contribution in [0.3, 0.4) is 0 Å². The van der Waals surface area contributed by atoms with Crippen LogP contribution in [-0.4, -0.2) is 30.7 Å². The summed E-state index contributed by atoms with van der Waals surface area (Å²) < 4.78 is 23.4. The molecule has 2 nitrogen and oxygen atoms in total. The van der Waals surface area contributed by atoms with Crippen LogP contribution in [0.1, 0.15) is 6.92 Å². The van der Waals surface area contributed by atoms with Gasteiger partial charge >= 0.3 is 0 Å². The Labute approximate surface area is 58.5 Å². The van der Waals surface area contributed by atoms with Gasteiger partial charge in [-0.3, -0.25) is 5.01 Å². The average molecular weight is 148 g/mol. The third-order valence-electron chi connectivity index (χ3n) is 1.33. The summed E-state index contributed by atoms with van der Waals surface area (Å²) >= 11 is 0. The second-order valence-electron chi connectivity index (χ2n) is 2.50. The second kappa shape index (κ2) is 2.94. The Kier molecular flexibility index (Phi) is 2.19. The van der Waals surface area contributed by atoms with Crippen LogP contribution in [0.2, 0.25) is 0 Å². The van der Waals surface area contributed by atoms with E-state index in [0.29, 0.717) is 12.5 Å². The lowest BCUT2D eigenvalue weighted by atomic mass is 10.2. The van der Waals surface area contributed by atoms with E-state index in [1.54, 1.807) is 6.21 Å². The molecule has 1 atom stereocenters. The molecule has 0 bridgehead atoms. The van der Waals surface area contributed by atoms with Crippen LogP contribution >= 0.6 is 0 Å². The van der Waals surface area contributed by atoms with E-state index in [1.165, 1.54) is 5.01 Å². The van der Waals surface area contributed by atoms with E-state index in [2.05, 4.69) is 5.10 Å². The lowest BCUT2D eigenvalue weighted by Crippen LogP contribution is -2.23. The first-order valence-electron chi connectivity index (χ1n) is 3.25. The molecule has 1 rings (SSSR count). The molecule has 1 unspecified atom stereocenters. The summed E-state index contributed by atoms with van der Waals surface area (Å²) in [5.74, 6) is 0.318. The lowest BCUT2D eigenvalue weighted by molar-refractivity contribution is 0.0927. The number of halogens is 2. The molecule has 0 aromatic carbocycles. The molecule has 4 heteroatoms. The van der Waals surface area contributed by atoms with E-state index in [9.17, 15) is 8.78 Å². The third kappa shape index (κ3) is 1.93. The monoisotopic (exact) mass is 148 g/mol. The van der Waals surface area contributed by atoms with Crippen LogP contribution in [-0.2, 0) is 0 Å². The van der Waals surface area contributed by atoms with Crippen LogP contribution in [0.15, 0.2) is 5.10 Å². The Bertz CT molecular complexity index is 136. The number of nitrogens with zero attached hydrogens (tertiary/aromatic N) is 2. The highest BCUT2D eigenvalue weighted by molar-refractivity contribution is 5.61. The van der Waals surface area contributed by atoms with Crippen LogP contribution in [0.5, 0.6) is 0 Å². The van der Waals surface area contributed by atoms with Gasteiger partial charge in [0.25, 0.3) is 6.43 Å². The Morgan fingerprint density at radius 1 is 1.80 bits per heavy atom. The molecule has 10 heavy (non-hydrogen) atoms. The van der Waals surface area contributed by atoms with E-state index in [0.717, 1.165) is 0 Å². The SMILES string of the molecule is CC1C=NN(CC(F)F)C1. The van der Waals surface area contributed by atoms with Gasteiger partial charge in [-0.05, 0) is 0 Å². The minimum absolute atomic E-state index is 0.235. The normalized spacial score (nSPS) is 24.8. The fourth-order valence-electron chi connectivity index (χ4n) is 0.916. The van der Waals surface area contributed by atoms with Crippen LogP contribution in [0.25, 0.3) is 0 Å². The van der Waals surface area contributed by atoms with Crippen molar-refractivity contribution in [3.05, 3.63) is 0 Å². The van der Waals surface area contributed by atoms with Gasteiger partial charge in [-0.25, -0.2) is 8.78 Å². The highest BCUT2D eigenvalue weighted by Crippen LogP contribution is 2.08. The molecule has 0 aromatic rings. The molecule has 0 radical (unpaired) electrons. The maximum absolute atomic E-state index is 11.7. The number of hydrogen-bond donors (Lipinski definition) is 0. The van der Waals surface area contributed by atoms with E-state index in [1.807, 2.05) is 6.92 Å². The predicted octanol–water partition coefficient (Wildman–Crippen LogP) is 1.19. The topological polar surface area (TPSA) is 15.6 Å². The zero-order valence-electron chi connectivity index (χ0n) is 5.80. The van der Waals surface area contributed by atoms with Gasteiger partial charge < -0.3 is 0 Å². The van der Waals surface area contributed by atoms with Crippen LogP contribution < -0.4 is 0 Å². The predicted molar refractivity (Wildman–Crippen MR) is 35.2 cm³/mol. The second-order valence-corrected chi connectivity index (χ2v) is 2.50. The minimum Gasteiger partial charge on any atom is -0.291 e. The number of alkyl halides is 2. The van der Waals surface area contributed by atoms with Crippen molar-refractivity contribution in [3.63, 3.8) is 0 Å². The molecule has 0 amide bonds. The maximum Gasteiger partial charge on any atom is 0.257 e. The smallest absolute Gasteiger partial charge is 0.257 e. The molecule has 0 fully saturated rings. The van der Waals surface area contributed by atoms with Gasteiger partial charge in [-0.1, -0.05) is 6.92 Å². The van der Waals surface area contributed by atoms with Gasteiger partial charge in [-0.15, -0.1) is 0 Å². The Hall–Kier alpha value is -0.670. The van der Waals surface area contributed by atoms with E-state index < -0.39 is 6.43 Å². The first kappa shape index (κ1) is 7.44. The quantitative estimate of drug-likeness (QED) is 0.574. The van der Waals surface area contributed by atoms with Crippen LogP contribution in [0, 0.1) is 5.92 Å². The maximum atomic E-state index is 11.7. The van der Waals surface area contributed by atoms with Crippen molar-refractivity contribution in [2.24, 2.45) is 11.0 Å². The van der Waals surface area contributed by atoms with Gasteiger partial charge in [-0.2, -0.15) is 5.10 Å². The van der Waals surface area contributed by atoms with Crippen molar-refractivity contribution in [1.29, 1.82) is 0 Å². The largest absolute Gasteiger partial charge is 0.291 e. The molecule has 1 aliphatic rings. The molecule has 0 N–H and O–H groups in total. The Morgan fingerprint density at radius 2 is 2.50 bits per heavy atom. The van der Waals surface area contributed by atoms with Gasteiger partial charge in [0.05, 0.1) is 6.54 Å². The average Bonchev–Trinajstić information content (AvgIpc) is 2.13. The fraction of sp³-hybridized carbons (Fsp3) is 0.833. The Morgan fingerprint density at radius 3 is 2.90 bits per heavy atom. The van der Waals surface area contributed by atoms with Gasteiger partial charge in [0.2, 0.25) is 0 Å². The molecular formula is C6H10F2N2. The van der Waals surface area contributed by atoms with E-state index in [-0.39, 0.29) is 6.54 Å². The molecule has 0 spiro atoms. The molecule has 0 aliphatic carbocycles. The summed E-state index contributed by atoms with van der Waals surface area (Å²) in [5, 5.41) is 5.18. The zero-order valence-corrected chi connectivity index (χ0v) is 5.80. The third-order valence-corrected chi connectivity index (χ3v) is 1.33. The van der Waals surface area contributed by atoms with E-state index >= 15 is 0 Å². The molecule has 58 valence electrons. The summed E-state index contributed by atoms with van der Waals surface area (Å²) in [5.41, 5.74) is 0. The van der Waals surface area contributed by atoms with Crippen molar-refractivity contribution < 1.29 is 8.78 Å². The number of hydrogen-bond acceptors (Lipinski definition) is 2. The standard InChI is InChI=1S/C6H10F2N2/c1-5-2-9-10(3-5)4-6(7)8/h2,5-6H,3-4H2,1H3. The number of rotatable bonds is 2. The van der Waals surface area contributed by atoms with Crippen LogP contribution in [0.4, 0.5) is 8.78 Å². The highest BCUT2D eigenvalue weighted by Gasteiger charge is 2.16. The summed E-state index contributed by atoms with van der Waals surface area (Å²) in [7, 11) is 0. The fourth-order valence-corrected chi connectivity index (χ4v) is 0.916. The first-order valence-corrected chi connectivity index (χ1v) is 3.25. The van der Waals surface area contributed by atoms with Crippen molar-refractivity contribution in [2.45, 2.75) is 13.3 Å². The molecular weight excluding hydrogens is 138 g/mol. The molecule has 1 aliphatic heterocycles. The zero-order chi connectivity index (χ0) is 7.56. The summed E-state index contributed by atoms with van der Waals surface area (Å²) in [6.45, 7) is 2.35. The van der Waals surface area contributed by atoms with Crippen molar-refractivity contribution in [1.82, 2.24) is 5.01 Å². The van der Waals surface area contributed by atoms with Crippen molar-refractivity contribution in [2.75, 3.05) is 13.1 Å². The van der Waals surface area contributed by atoms with Crippen molar-refractivity contribution in [3.8, 4) is 0 Å². The lowest BCUT2D eigenvalue weighted by Gasteiger charge is -2.12. The van der Waals surface area contributed by atoms with Gasteiger partial charge in [0.15, 0.2) is 0 Å². The molecule has 1 heterocycles. The first-order chi connectivity index (χ1) is 4.68. The Balaban J connectivity index is 2.26. The van der Waals surface area contributed by atoms with Gasteiger partial charge in [0, 0.05) is 18.7 Å². The van der Waals surface area contributed by atoms with Crippen molar-refractivity contribution >= 4 is 6.21 Å². The molecule has 0 saturated carbocycles. The van der Waals surface area contributed by atoms with E-state index in [4.69, 9.17) is 0 Å². The summed E-state index contributed by atoms with van der Waals surface area (Å²) in [4.78, 5) is 0. The highest BCUT2D eigenvalue weighted by atomic mass is 19.3. The number of hydrazone groups is 1. The summed E-state index contributed by atoms with van der Waals surface area (Å²) in [6, 6.07) is 0.